The van der Waals surface area contributed by atoms with E-state index in [9.17, 15) is 13.6 Å². The number of nitrogens with one attached hydrogen (secondary N) is 2. The van der Waals surface area contributed by atoms with Crippen LogP contribution in [0.5, 0.6) is 5.75 Å². The summed E-state index contributed by atoms with van der Waals surface area (Å²) in [6.07, 6.45) is 1.63. The quantitative estimate of drug-likeness (QED) is 0.837. The molecule has 0 aliphatic carbocycles. The number of amides is 2. The number of carbonyl (C=O) groups is 1. The molecule has 144 valence electrons. The van der Waals surface area contributed by atoms with Crippen molar-refractivity contribution in [2.24, 2.45) is 0 Å². The Morgan fingerprint density at radius 3 is 2.48 bits per heavy atom. The molecule has 0 unspecified atom stereocenters. The minimum Gasteiger partial charge on any atom is -0.494 e. The number of benzene rings is 2. The number of methoxy groups -OCH3 is 1. The zero-order chi connectivity index (χ0) is 19.2. The fourth-order valence-corrected chi connectivity index (χ4v) is 3.19. The van der Waals surface area contributed by atoms with Gasteiger partial charge < -0.3 is 15.4 Å². The summed E-state index contributed by atoms with van der Waals surface area (Å²) in [4.78, 5) is 14.3. The standard InChI is InChI=1S/C20H23F2N3O2/c1-27-19-7-2-14(12-18(19)22)13-25-10-8-17(9-11-25)24-20(26)23-16-5-3-15(21)4-6-16/h2-7,12,17H,8-11,13H2,1H3,(H2,23,24,26). The topological polar surface area (TPSA) is 53.6 Å². The van der Waals surface area contributed by atoms with E-state index in [1.807, 2.05) is 6.07 Å². The van der Waals surface area contributed by atoms with Crippen LogP contribution in [0.1, 0.15) is 18.4 Å². The Morgan fingerprint density at radius 1 is 1.15 bits per heavy atom. The van der Waals surface area contributed by atoms with Gasteiger partial charge in [0.2, 0.25) is 0 Å². The zero-order valence-corrected chi connectivity index (χ0v) is 15.2. The molecule has 1 fully saturated rings. The van der Waals surface area contributed by atoms with Gasteiger partial charge in [0.05, 0.1) is 7.11 Å². The third kappa shape index (κ3) is 5.40. The maximum absolute atomic E-state index is 13.8. The van der Waals surface area contributed by atoms with Crippen LogP contribution in [0.4, 0.5) is 19.3 Å². The molecular formula is C20H23F2N3O2. The molecule has 0 aromatic heterocycles. The molecule has 1 aliphatic rings. The Morgan fingerprint density at radius 2 is 1.85 bits per heavy atom. The van der Waals surface area contributed by atoms with Gasteiger partial charge in [-0.05, 0) is 54.8 Å². The number of ether oxygens (including phenoxy) is 1. The molecular weight excluding hydrogens is 352 g/mol. The fourth-order valence-electron chi connectivity index (χ4n) is 3.19. The summed E-state index contributed by atoms with van der Waals surface area (Å²) in [6.45, 7) is 2.29. The Bertz CT molecular complexity index is 775. The number of nitrogens with zero attached hydrogens (tertiary/aromatic N) is 1. The summed E-state index contributed by atoms with van der Waals surface area (Å²) >= 11 is 0. The highest BCUT2D eigenvalue weighted by molar-refractivity contribution is 5.89. The van der Waals surface area contributed by atoms with E-state index in [1.165, 1.54) is 37.4 Å². The second-order valence-electron chi connectivity index (χ2n) is 6.62. The first kappa shape index (κ1) is 19.1. The lowest BCUT2D eigenvalue weighted by Crippen LogP contribution is -2.45. The smallest absolute Gasteiger partial charge is 0.319 e. The van der Waals surface area contributed by atoms with E-state index in [0.717, 1.165) is 31.5 Å². The van der Waals surface area contributed by atoms with E-state index in [4.69, 9.17) is 4.74 Å². The Hall–Kier alpha value is -2.67. The molecule has 7 heteroatoms. The first-order valence-electron chi connectivity index (χ1n) is 8.91. The summed E-state index contributed by atoms with van der Waals surface area (Å²) in [7, 11) is 1.45. The third-order valence-electron chi connectivity index (χ3n) is 4.65. The van der Waals surface area contributed by atoms with Gasteiger partial charge in [-0.1, -0.05) is 6.07 Å². The minimum absolute atomic E-state index is 0.0781. The highest BCUT2D eigenvalue weighted by Gasteiger charge is 2.21. The highest BCUT2D eigenvalue weighted by atomic mass is 19.1. The molecule has 1 aliphatic heterocycles. The molecule has 2 N–H and O–H groups in total. The van der Waals surface area contributed by atoms with Crippen molar-refractivity contribution in [3.63, 3.8) is 0 Å². The van der Waals surface area contributed by atoms with Crippen molar-refractivity contribution in [1.29, 1.82) is 0 Å². The maximum Gasteiger partial charge on any atom is 0.319 e. The van der Waals surface area contributed by atoms with Crippen LogP contribution in [0.25, 0.3) is 0 Å². The van der Waals surface area contributed by atoms with Gasteiger partial charge in [-0.3, -0.25) is 4.90 Å². The van der Waals surface area contributed by atoms with Crippen LogP contribution >= 0.6 is 0 Å². The van der Waals surface area contributed by atoms with E-state index in [1.54, 1.807) is 6.07 Å². The van der Waals surface area contributed by atoms with Crippen molar-refractivity contribution in [3.8, 4) is 5.75 Å². The molecule has 2 aromatic rings. The number of anilines is 1. The number of piperidine rings is 1. The van der Waals surface area contributed by atoms with E-state index >= 15 is 0 Å². The fraction of sp³-hybridized carbons (Fsp3) is 0.350. The largest absolute Gasteiger partial charge is 0.494 e. The molecule has 0 spiro atoms. The first-order valence-corrected chi connectivity index (χ1v) is 8.91. The lowest BCUT2D eigenvalue weighted by Gasteiger charge is -2.32. The predicted molar refractivity (Wildman–Crippen MR) is 99.8 cm³/mol. The van der Waals surface area contributed by atoms with Gasteiger partial charge in [0.15, 0.2) is 11.6 Å². The third-order valence-corrected chi connectivity index (χ3v) is 4.65. The Kier molecular flexibility index (Phi) is 6.24. The summed E-state index contributed by atoms with van der Waals surface area (Å²) in [5.41, 5.74) is 1.45. The average molecular weight is 375 g/mol. The number of hydrogen-bond donors (Lipinski definition) is 2. The molecule has 0 radical (unpaired) electrons. The number of urea groups is 1. The van der Waals surface area contributed by atoms with E-state index < -0.39 is 0 Å². The monoisotopic (exact) mass is 375 g/mol. The molecule has 0 saturated carbocycles. The van der Waals surface area contributed by atoms with Crippen LogP contribution in [0, 0.1) is 11.6 Å². The van der Waals surface area contributed by atoms with E-state index in [2.05, 4.69) is 15.5 Å². The molecule has 1 heterocycles. The van der Waals surface area contributed by atoms with Gasteiger partial charge in [-0.2, -0.15) is 0 Å². The summed E-state index contributed by atoms with van der Waals surface area (Å²) in [5.74, 6) is -0.456. The Balaban J connectivity index is 1.44. The normalized spacial score (nSPS) is 15.4. The molecule has 0 atom stereocenters. The number of hydrogen-bond acceptors (Lipinski definition) is 3. The predicted octanol–water partition coefficient (Wildman–Crippen LogP) is 3.76. The van der Waals surface area contributed by atoms with Gasteiger partial charge in [-0.15, -0.1) is 0 Å². The number of likely N-dealkylation sites (tertiary alicyclic amines) is 1. The van der Waals surface area contributed by atoms with Crippen LogP contribution in [0.2, 0.25) is 0 Å². The number of halogens is 2. The average Bonchev–Trinajstić information content (AvgIpc) is 2.65. The minimum atomic E-state index is -0.357. The van der Waals surface area contributed by atoms with Gasteiger partial charge >= 0.3 is 6.03 Å². The van der Waals surface area contributed by atoms with Gasteiger partial charge in [0.25, 0.3) is 0 Å². The summed E-state index contributed by atoms with van der Waals surface area (Å²) < 4.78 is 31.6. The van der Waals surface area contributed by atoms with Crippen LogP contribution in [0.3, 0.4) is 0 Å². The van der Waals surface area contributed by atoms with Crippen molar-refractivity contribution in [2.75, 3.05) is 25.5 Å². The maximum atomic E-state index is 13.8. The van der Waals surface area contributed by atoms with Crippen molar-refractivity contribution in [2.45, 2.75) is 25.4 Å². The molecule has 27 heavy (non-hydrogen) atoms. The van der Waals surface area contributed by atoms with Crippen molar-refractivity contribution in [1.82, 2.24) is 10.2 Å². The van der Waals surface area contributed by atoms with E-state index in [0.29, 0.717) is 12.2 Å². The second kappa shape index (κ2) is 8.81. The molecule has 3 rings (SSSR count). The first-order chi connectivity index (χ1) is 13.0. The summed E-state index contributed by atoms with van der Waals surface area (Å²) in [6, 6.07) is 10.4. The van der Waals surface area contributed by atoms with Crippen molar-refractivity contribution < 1.29 is 18.3 Å². The molecule has 0 bridgehead atoms. The van der Waals surface area contributed by atoms with Crippen LogP contribution in [0.15, 0.2) is 42.5 Å². The molecule has 2 aromatic carbocycles. The molecule has 2 amide bonds. The van der Waals surface area contributed by atoms with Crippen molar-refractivity contribution >= 4 is 11.7 Å². The lowest BCUT2D eigenvalue weighted by molar-refractivity contribution is 0.189. The van der Waals surface area contributed by atoms with Crippen molar-refractivity contribution in [3.05, 3.63) is 59.7 Å². The van der Waals surface area contributed by atoms with Crippen LogP contribution in [-0.2, 0) is 6.54 Å². The lowest BCUT2D eigenvalue weighted by atomic mass is 10.0. The number of rotatable bonds is 5. The van der Waals surface area contributed by atoms with Gasteiger partial charge in [0, 0.05) is 31.4 Å². The molecule has 5 nitrogen and oxygen atoms in total. The second-order valence-corrected chi connectivity index (χ2v) is 6.62. The van der Waals surface area contributed by atoms with Gasteiger partial charge in [-0.25, -0.2) is 13.6 Å². The Labute approximate surface area is 157 Å². The van der Waals surface area contributed by atoms with Gasteiger partial charge in [0.1, 0.15) is 5.82 Å². The highest BCUT2D eigenvalue weighted by Crippen LogP contribution is 2.20. The molecule has 1 saturated heterocycles. The van der Waals surface area contributed by atoms with Crippen LogP contribution < -0.4 is 15.4 Å². The zero-order valence-electron chi connectivity index (χ0n) is 15.2. The SMILES string of the molecule is COc1ccc(CN2CCC(NC(=O)Nc3ccc(F)cc3)CC2)cc1F. The van der Waals surface area contributed by atoms with E-state index in [-0.39, 0.29) is 29.5 Å². The summed E-state index contributed by atoms with van der Waals surface area (Å²) in [5, 5.41) is 5.64. The van der Waals surface area contributed by atoms with Crippen LogP contribution in [-0.4, -0.2) is 37.2 Å². The number of carbonyl (C=O) groups excluding carboxylic acids is 1.